The first-order valence-electron chi connectivity index (χ1n) is 14.4. The number of likely N-dealkylation sites (tertiary alicyclic amines) is 1. The molecule has 2 aliphatic heterocycles. The number of nitrogens with one attached hydrogen (secondary N) is 1. The second-order valence-corrected chi connectivity index (χ2v) is 10.6. The highest BCUT2D eigenvalue weighted by atomic mass is 16.4. The van der Waals surface area contributed by atoms with Gasteiger partial charge in [-0.25, -0.2) is 14.8 Å². The molecule has 4 heterocycles. The van der Waals surface area contributed by atoms with E-state index < -0.39 is 5.97 Å². The van der Waals surface area contributed by atoms with Crippen molar-refractivity contribution in [3.05, 3.63) is 83.6 Å². The molecular formula is C32H38N4O7. The van der Waals surface area contributed by atoms with Gasteiger partial charge in [0.2, 0.25) is 11.8 Å². The Kier molecular flexibility index (Phi) is 11.2. The molecule has 0 radical (unpaired) electrons. The molecule has 6 rings (SSSR count). The summed E-state index contributed by atoms with van der Waals surface area (Å²) in [4.78, 5) is 32.9. The lowest BCUT2D eigenvalue weighted by molar-refractivity contribution is 0.0689. The molecule has 43 heavy (non-hydrogen) atoms. The van der Waals surface area contributed by atoms with Gasteiger partial charge in [0.15, 0.2) is 11.4 Å². The number of nitrogens with zero attached hydrogens (tertiary/aromatic N) is 3. The summed E-state index contributed by atoms with van der Waals surface area (Å²) in [5.74, 6) is -0.513. The number of aromatic carboxylic acids is 1. The van der Waals surface area contributed by atoms with Crippen molar-refractivity contribution in [3.63, 3.8) is 0 Å². The molecule has 1 amide bonds. The van der Waals surface area contributed by atoms with Crippen LogP contribution in [0.25, 0.3) is 22.9 Å². The van der Waals surface area contributed by atoms with Crippen LogP contribution in [0.1, 0.15) is 71.6 Å². The van der Waals surface area contributed by atoms with Gasteiger partial charge in [0.05, 0.1) is 13.2 Å². The molecule has 0 saturated carbocycles. The van der Waals surface area contributed by atoms with Gasteiger partial charge in [0.1, 0.15) is 12.5 Å². The van der Waals surface area contributed by atoms with E-state index in [9.17, 15) is 9.59 Å². The summed E-state index contributed by atoms with van der Waals surface area (Å²) in [7, 11) is 0. The first-order chi connectivity index (χ1) is 20.8. The number of benzene rings is 2. The maximum Gasteiger partial charge on any atom is 0.357 e. The lowest BCUT2D eigenvalue weighted by atomic mass is 10.1. The molecule has 11 nitrogen and oxygen atoms in total. The monoisotopic (exact) mass is 590 g/mol. The van der Waals surface area contributed by atoms with Crippen LogP contribution in [-0.2, 0) is 13.2 Å². The van der Waals surface area contributed by atoms with Crippen LogP contribution in [0.15, 0.2) is 69.9 Å². The molecule has 2 aliphatic rings. The minimum absolute atomic E-state index is 0.00243. The number of aromatic nitrogens is 2. The summed E-state index contributed by atoms with van der Waals surface area (Å²) in [5.41, 5.74) is 3.29. The number of carbonyl (C=O) groups excluding carboxylic acids is 1. The number of oxazole rings is 2. The van der Waals surface area contributed by atoms with Gasteiger partial charge in [-0.15, -0.1) is 0 Å². The molecule has 2 atom stereocenters. The topological polar surface area (TPSA) is 162 Å². The zero-order valence-electron chi connectivity index (χ0n) is 24.4. The number of aliphatic hydroxyl groups is 2. The number of carbonyl (C=O) groups is 2. The predicted octanol–water partition coefficient (Wildman–Crippen LogP) is 4.75. The van der Waals surface area contributed by atoms with Crippen LogP contribution in [0, 0.1) is 0 Å². The van der Waals surface area contributed by atoms with Crippen LogP contribution in [0.3, 0.4) is 0 Å². The SMILES string of the molecule is C[C@H]1CCCN1.C[C@H]1CCCN1C(=O)c1coc(-c2ccc(CO)cc2)n1.O=C(O)c1coc(-c2ccc(CO)cc2)n1. The third-order valence-corrected chi connectivity index (χ3v) is 7.33. The fourth-order valence-electron chi connectivity index (χ4n) is 4.76. The Labute approximate surface area is 250 Å². The lowest BCUT2D eigenvalue weighted by Gasteiger charge is -2.19. The largest absolute Gasteiger partial charge is 0.476 e. The lowest BCUT2D eigenvalue weighted by Crippen LogP contribution is -2.33. The molecule has 228 valence electrons. The summed E-state index contributed by atoms with van der Waals surface area (Å²) >= 11 is 0. The molecule has 2 fully saturated rings. The van der Waals surface area contributed by atoms with E-state index >= 15 is 0 Å². The molecule has 2 aromatic carbocycles. The molecule has 0 unspecified atom stereocenters. The van der Waals surface area contributed by atoms with Gasteiger partial charge in [0.25, 0.3) is 5.91 Å². The van der Waals surface area contributed by atoms with Crippen molar-refractivity contribution >= 4 is 11.9 Å². The Bertz CT molecular complexity index is 1460. The van der Waals surface area contributed by atoms with Crippen molar-refractivity contribution in [1.29, 1.82) is 0 Å². The van der Waals surface area contributed by atoms with E-state index in [0.29, 0.717) is 17.1 Å². The Morgan fingerprint density at radius 2 is 1.37 bits per heavy atom. The standard InChI is InChI=1S/C16H18N2O3.C11H9NO4.C5H11N/c1-11-3-2-8-18(11)16(20)14-10-21-15(17-14)13-6-4-12(9-19)5-7-13;13-5-7-1-3-8(4-2-7)10-12-9(6-16-10)11(14)15;1-5-3-2-4-6-5/h4-7,10-11,19H,2-3,8-9H2,1H3;1-4,6,13H,5H2,(H,14,15);5-6H,2-4H2,1H3/t11-;;5-/m0.0/s1. The fraction of sp³-hybridized carbons (Fsp3) is 0.375. The molecule has 4 aromatic rings. The third-order valence-electron chi connectivity index (χ3n) is 7.33. The van der Waals surface area contributed by atoms with Crippen molar-refractivity contribution in [2.75, 3.05) is 13.1 Å². The number of amides is 1. The van der Waals surface area contributed by atoms with E-state index in [1.54, 1.807) is 24.3 Å². The van der Waals surface area contributed by atoms with Crippen LogP contribution in [0.5, 0.6) is 0 Å². The molecule has 0 bridgehead atoms. The summed E-state index contributed by atoms with van der Waals surface area (Å²) in [6.45, 7) is 6.27. The first kappa shape index (κ1) is 31.6. The average molecular weight is 591 g/mol. The van der Waals surface area contributed by atoms with E-state index in [4.69, 9.17) is 24.2 Å². The second-order valence-electron chi connectivity index (χ2n) is 10.6. The molecule has 2 saturated heterocycles. The zero-order chi connectivity index (χ0) is 30.8. The highest BCUT2D eigenvalue weighted by molar-refractivity contribution is 5.92. The quantitative estimate of drug-likeness (QED) is 0.247. The molecule has 11 heteroatoms. The van der Waals surface area contributed by atoms with E-state index in [2.05, 4.69) is 29.1 Å². The number of carboxylic acid groups (broad SMARTS) is 1. The number of carboxylic acids is 1. The zero-order valence-corrected chi connectivity index (χ0v) is 24.4. The third kappa shape index (κ3) is 8.60. The minimum Gasteiger partial charge on any atom is -0.476 e. The van der Waals surface area contributed by atoms with Gasteiger partial charge in [0, 0.05) is 29.8 Å². The fourth-order valence-corrected chi connectivity index (χ4v) is 4.76. The van der Waals surface area contributed by atoms with Crippen LogP contribution in [0.4, 0.5) is 0 Å². The van der Waals surface area contributed by atoms with Crippen molar-refractivity contribution in [2.24, 2.45) is 0 Å². The van der Waals surface area contributed by atoms with Crippen LogP contribution in [-0.4, -0.2) is 67.2 Å². The number of hydrogen-bond donors (Lipinski definition) is 4. The van der Waals surface area contributed by atoms with Gasteiger partial charge < -0.3 is 34.4 Å². The Hall–Kier alpha value is -4.32. The predicted molar refractivity (Wildman–Crippen MR) is 159 cm³/mol. The van der Waals surface area contributed by atoms with Crippen molar-refractivity contribution < 1.29 is 33.7 Å². The van der Waals surface area contributed by atoms with Crippen molar-refractivity contribution in [1.82, 2.24) is 20.2 Å². The van der Waals surface area contributed by atoms with Gasteiger partial charge >= 0.3 is 5.97 Å². The molecule has 0 spiro atoms. The van der Waals surface area contributed by atoms with E-state index in [1.807, 2.05) is 29.2 Å². The summed E-state index contributed by atoms with van der Waals surface area (Å²) in [5, 5.41) is 29.9. The summed E-state index contributed by atoms with van der Waals surface area (Å²) in [6.07, 6.45) is 7.35. The smallest absolute Gasteiger partial charge is 0.357 e. The van der Waals surface area contributed by atoms with Crippen LogP contribution in [0.2, 0.25) is 0 Å². The van der Waals surface area contributed by atoms with Gasteiger partial charge in [-0.2, -0.15) is 0 Å². The number of hydrogen-bond acceptors (Lipinski definition) is 9. The highest BCUT2D eigenvalue weighted by Crippen LogP contribution is 2.23. The Morgan fingerprint density at radius 1 is 0.837 bits per heavy atom. The first-order valence-corrected chi connectivity index (χ1v) is 14.4. The summed E-state index contributed by atoms with van der Waals surface area (Å²) in [6, 6.07) is 15.2. The summed E-state index contributed by atoms with van der Waals surface area (Å²) < 4.78 is 10.5. The molecule has 4 N–H and O–H groups in total. The molecule has 2 aromatic heterocycles. The minimum atomic E-state index is -1.12. The normalized spacial score (nSPS) is 17.5. The van der Waals surface area contributed by atoms with Gasteiger partial charge in [-0.3, -0.25) is 4.79 Å². The Morgan fingerprint density at radius 3 is 1.74 bits per heavy atom. The van der Waals surface area contributed by atoms with E-state index in [0.717, 1.165) is 48.4 Å². The van der Waals surface area contributed by atoms with Crippen molar-refractivity contribution in [3.8, 4) is 22.9 Å². The maximum atomic E-state index is 12.4. The Balaban J connectivity index is 0.000000169. The number of aliphatic hydroxyl groups excluding tert-OH is 2. The van der Waals surface area contributed by atoms with Crippen molar-refractivity contribution in [2.45, 2.75) is 64.8 Å². The van der Waals surface area contributed by atoms with Crippen LogP contribution >= 0.6 is 0 Å². The number of rotatable bonds is 6. The average Bonchev–Trinajstić information content (AvgIpc) is 3.86. The highest BCUT2D eigenvalue weighted by Gasteiger charge is 2.28. The maximum absolute atomic E-state index is 12.4. The molecular weight excluding hydrogens is 552 g/mol. The molecule has 0 aliphatic carbocycles. The van der Waals surface area contributed by atoms with E-state index in [-0.39, 0.29) is 36.7 Å². The van der Waals surface area contributed by atoms with E-state index in [1.165, 1.54) is 25.6 Å². The second kappa shape index (κ2) is 15.2. The van der Waals surface area contributed by atoms with Crippen LogP contribution < -0.4 is 5.32 Å². The van der Waals surface area contributed by atoms with Gasteiger partial charge in [-0.1, -0.05) is 24.3 Å². The van der Waals surface area contributed by atoms with Gasteiger partial charge in [-0.05, 0) is 81.5 Å².